The second kappa shape index (κ2) is 7.40. The van der Waals surface area contributed by atoms with Crippen LogP contribution in [0.3, 0.4) is 0 Å². The van der Waals surface area contributed by atoms with Gasteiger partial charge in [0.25, 0.3) is 0 Å². The van der Waals surface area contributed by atoms with Crippen molar-refractivity contribution in [1.29, 1.82) is 0 Å². The van der Waals surface area contributed by atoms with Gasteiger partial charge in [0.1, 0.15) is 11.9 Å². The van der Waals surface area contributed by atoms with E-state index in [1.165, 1.54) is 44.6 Å². The highest BCUT2D eigenvalue weighted by Crippen LogP contribution is 2.18. The third kappa shape index (κ3) is 4.65. The Labute approximate surface area is 134 Å². The number of sulfonamides is 1. The first-order valence-electron chi connectivity index (χ1n) is 6.86. The monoisotopic (exact) mass is 338 g/mol. The number of nitrogens with one attached hydrogen (secondary N) is 2. The molecule has 1 heterocycles. The number of methoxy groups -OCH3 is 1. The topological polar surface area (TPSA) is 97.6 Å². The molecule has 124 valence electrons. The molecule has 0 aliphatic rings. The standard InChI is InChI=1S/C15H18N2O5S/c1-11(18)17-12-5-7-13(8-6-12)23(19,20)16-10-15(21-2)14-4-3-9-22-14/h3-9,15-16H,10H2,1-2H3,(H,17,18)/t15-/m1/s1. The molecule has 1 aromatic carbocycles. The maximum absolute atomic E-state index is 12.3. The summed E-state index contributed by atoms with van der Waals surface area (Å²) in [4.78, 5) is 11.1. The van der Waals surface area contributed by atoms with Gasteiger partial charge in [-0.15, -0.1) is 0 Å². The maximum Gasteiger partial charge on any atom is 0.240 e. The summed E-state index contributed by atoms with van der Waals surface area (Å²) in [6.07, 6.45) is 0.981. The largest absolute Gasteiger partial charge is 0.467 e. The molecule has 0 saturated carbocycles. The number of hydrogen-bond donors (Lipinski definition) is 2. The van der Waals surface area contributed by atoms with E-state index < -0.39 is 16.1 Å². The Morgan fingerprint density at radius 1 is 1.26 bits per heavy atom. The van der Waals surface area contributed by atoms with Crippen LogP contribution >= 0.6 is 0 Å². The Morgan fingerprint density at radius 2 is 1.96 bits per heavy atom. The second-order valence-electron chi connectivity index (χ2n) is 4.80. The van der Waals surface area contributed by atoms with E-state index in [2.05, 4.69) is 10.0 Å². The fraction of sp³-hybridized carbons (Fsp3) is 0.267. The van der Waals surface area contributed by atoms with Gasteiger partial charge in [-0.1, -0.05) is 0 Å². The lowest BCUT2D eigenvalue weighted by Gasteiger charge is -2.14. The van der Waals surface area contributed by atoms with E-state index in [4.69, 9.17) is 9.15 Å². The minimum absolute atomic E-state index is 0.0415. The average Bonchev–Trinajstić information content (AvgIpc) is 3.02. The van der Waals surface area contributed by atoms with Gasteiger partial charge in [0.05, 0.1) is 11.2 Å². The molecule has 0 unspecified atom stereocenters. The molecule has 0 saturated heterocycles. The van der Waals surface area contributed by atoms with Crippen molar-refractivity contribution in [1.82, 2.24) is 4.72 Å². The number of anilines is 1. The van der Waals surface area contributed by atoms with Crippen LogP contribution in [0.1, 0.15) is 18.8 Å². The molecule has 1 atom stereocenters. The number of furan rings is 1. The summed E-state index contributed by atoms with van der Waals surface area (Å²) in [5, 5.41) is 2.57. The van der Waals surface area contributed by atoms with E-state index in [-0.39, 0.29) is 17.3 Å². The van der Waals surface area contributed by atoms with Gasteiger partial charge >= 0.3 is 0 Å². The number of carbonyl (C=O) groups excluding carboxylic acids is 1. The van der Waals surface area contributed by atoms with Crippen LogP contribution in [-0.2, 0) is 19.6 Å². The van der Waals surface area contributed by atoms with Crippen LogP contribution in [0, 0.1) is 0 Å². The summed E-state index contributed by atoms with van der Waals surface area (Å²) in [7, 11) is -2.21. The Hall–Kier alpha value is -2.16. The summed E-state index contributed by atoms with van der Waals surface area (Å²) in [6, 6.07) is 9.30. The van der Waals surface area contributed by atoms with Crippen LogP contribution in [-0.4, -0.2) is 28.0 Å². The highest BCUT2D eigenvalue weighted by atomic mass is 32.2. The molecule has 0 aliphatic carbocycles. The zero-order valence-electron chi connectivity index (χ0n) is 12.8. The van der Waals surface area contributed by atoms with Crippen molar-refractivity contribution in [3.05, 3.63) is 48.4 Å². The number of rotatable bonds is 7. The van der Waals surface area contributed by atoms with E-state index in [9.17, 15) is 13.2 Å². The first-order chi connectivity index (χ1) is 10.9. The van der Waals surface area contributed by atoms with Crippen molar-refractivity contribution in [2.24, 2.45) is 0 Å². The molecule has 7 nitrogen and oxygen atoms in total. The van der Waals surface area contributed by atoms with Gasteiger partial charge < -0.3 is 14.5 Å². The molecule has 1 amide bonds. The molecule has 23 heavy (non-hydrogen) atoms. The smallest absolute Gasteiger partial charge is 0.240 e. The molecule has 0 fully saturated rings. The van der Waals surface area contributed by atoms with Gasteiger partial charge in [0.2, 0.25) is 15.9 Å². The number of carbonyl (C=O) groups is 1. The van der Waals surface area contributed by atoms with Crippen LogP contribution in [0.15, 0.2) is 52.0 Å². The van der Waals surface area contributed by atoms with E-state index >= 15 is 0 Å². The number of benzene rings is 1. The predicted octanol–water partition coefficient (Wildman–Crippen LogP) is 1.90. The second-order valence-corrected chi connectivity index (χ2v) is 6.56. The van der Waals surface area contributed by atoms with Gasteiger partial charge in [-0.2, -0.15) is 0 Å². The lowest BCUT2D eigenvalue weighted by Crippen LogP contribution is -2.29. The van der Waals surface area contributed by atoms with Crippen LogP contribution < -0.4 is 10.0 Å². The molecule has 2 aromatic rings. The molecule has 8 heteroatoms. The maximum atomic E-state index is 12.3. The fourth-order valence-electron chi connectivity index (χ4n) is 1.96. The fourth-order valence-corrected chi connectivity index (χ4v) is 3.00. The van der Waals surface area contributed by atoms with E-state index in [1.807, 2.05) is 0 Å². The number of hydrogen-bond acceptors (Lipinski definition) is 5. The van der Waals surface area contributed by atoms with Gasteiger partial charge in [0.15, 0.2) is 0 Å². The molecule has 0 radical (unpaired) electrons. The molecule has 0 bridgehead atoms. The van der Waals surface area contributed by atoms with Gasteiger partial charge in [0, 0.05) is 26.3 Å². The van der Waals surface area contributed by atoms with Crippen LogP contribution in [0.2, 0.25) is 0 Å². The lowest BCUT2D eigenvalue weighted by atomic mass is 10.3. The van der Waals surface area contributed by atoms with Crippen LogP contribution in [0.5, 0.6) is 0 Å². The predicted molar refractivity (Wildman–Crippen MR) is 84.4 cm³/mol. The summed E-state index contributed by atoms with van der Waals surface area (Å²) >= 11 is 0. The highest BCUT2D eigenvalue weighted by Gasteiger charge is 2.19. The molecule has 0 spiro atoms. The molecular formula is C15H18N2O5S. The number of ether oxygens (including phenoxy) is 1. The summed E-state index contributed by atoms with van der Waals surface area (Å²) in [6.45, 7) is 1.42. The minimum atomic E-state index is -3.69. The van der Waals surface area contributed by atoms with Gasteiger partial charge in [-0.25, -0.2) is 13.1 Å². The van der Waals surface area contributed by atoms with Gasteiger partial charge in [-0.3, -0.25) is 4.79 Å². The Kier molecular flexibility index (Phi) is 5.54. The Morgan fingerprint density at radius 3 is 2.48 bits per heavy atom. The van der Waals surface area contributed by atoms with Crippen LogP contribution in [0.25, 0.3) is 0 Å². The Balaban J connectivity index is 2.05. The van der Waals surface area contributed by atoms with E-state index in [0.29, 0.717) is 11.4 Å². The molecule has 2 rings (SSSR count). The zero-order valence-corrected chi connectivity index (χ0v) is 13.6. The molecule has 0 aliphatic heterocycles. The first-order valence-corrected chi connectivity index (χ1v) is 8.34. The van der Waals surface area contributed by atoms with Crippen LogP contribution in [0.4, 0.5) is 5.69 Å². The minimum Gasteiger partial charge on any atom is -0.467 e. The Bertz CT molecular complexity index is 739. The normalized spacial score (nSPS) is 12.8. The SMILES string of the molecule is CO[C@H](CNS(=O)(=O)c1ccc(NC(C)=O)cc1)c1ccco1. The zero-order chi connectivity index (χ0) is 16.9. The van der Waals surface area contributed by atoms with Crippen molar-refractivity contribution >= 4 is 21.6 Å². The van der Waals surface area contributed by atoms with Crippen molar-refractivity contribution in [2.45, 2.75) is 17.9 Å². The van der Waals surface area contributed by atoms with Crippen molar-refractivity contribution in [2.75, 3.05) is 19.0 Å². The first kappa shape index (κ1) is 17.2. The molecular weight excluding hydrogens is 320 g/mol. The van der Waals surface area contributed by atoms with Crippen molar-refractivity contribution in [3.63, 3.8) is 0 Å². The average molecular weight is 338 g/mol. The molecule has 2 N–H and O–H groups in total. The molecule has 1 aromatic heterocycles. The van der Waals surface area contributed by atoms with E-state index in [1.54, 1.807) is 12.1 Å². The number of amides is 1. The third-order valence-corrected chi connectivity index (χ3v) is 4.53. The lowest BCUT2D eigenvalue weighted by molar-refractivity contribution is -0.114. The third-order valence-electron chi connectivity index (χ3n) is 3.09. The van der Waals surface area contributed by atoms with Gasteiger partial charge in [-0.05, 0) is 36.4 Å². The highest BCUT2D eigenvalue weighted by molar-refractivity contribution is 7.89. The summed E-state index contributed by atoms with van der Waals surface area (Å²) in [5.41, 5.74) is 0.529. The van der Waals surface area contributed by atoms with Crippen molar-refractivity contribution in [3.8, 4) is 0 Å². The summed E-state index contributed by atoms with van der Waals surface area (Å²) in [5.74, 6) is 0.316. The summed E-state index contributed by atoms with van der Waals surface area (Å²) < 4.78 is 37.4. The van der Waals surface area contributed by atoms with E-state index in [0.717, 1.165) is 0 Å². The van der Waals surface area contributed by atoms with Crippen molar-refractivity contribution < 1.29 is 22.4 Å². The quantitative estimate of drug-likeness (QED) is 0.803.